The second-order valence-electron chi connectivity index (χ2n) is 9.85. The molecule has 1 heterocycles. The Morgan fingerprint density at radius 2 is 2.10 bits per heavy atom. The summed E-state index contributed by atoms with van der Waals surface area (Å²) in [5.74, 6) is 1.03. The highest BCUT2D eigenvalue weighted by Gasteiger charge is 2.32. The smallest absolute Gasteiger partial charge is 0.410 e. The van der Waals surface area contributed by atoms with Gasteiger partial charge in [0.1, 0.15) is 11.4 Å². The normalized spacial score (nSPS) is 21.7. The summed E-state index contributed by atoms with van der Waals surface area (Å²) in [7, 11) is 1.76. The van der Waals surface area contributed by atoms with Gasteiger partial charge in [-0.05, 0) is 76.6 Å². The summed E-state index contributed by atoms with van der Waals surface area (Å²) in [5, 5.41) is 3.46. The summed E-state index contributed by atoms with van der Waals surface area (Å²) in [6.45, 7) is 12.5. The van der Waals surface area contributed by atoms with Crippen molar-refractivity contribution in [3.63, 3.8) is 0 Å². The van der Waals surface area contributed by atoms with Crippen molar-refractivity contribution in [3.05, 3.63) is 29.3 Å². The highest BCUT2D eigenvalue weighted by molar-refractivity contribution is 5.68. The highest BCUT2D eigenvalue weighted by atomic mass is 16.6. The Hall–Kier alpha value is -1.79. The molecule has 1 aromatic rings. The predicted molar refractivity (Wildman–Crippen MR) is 125 cm³/mol. The fraction of sp³-hybridized carbons (Fsp3) is 0.720. The molecule has 3 rings (SSSR count). The molecule has 0 spiro atoms. The SMILES string of the molecule is CCCN(CCC1CNCCN1C(=O)OC(C)(C)C)C1CCc2c(cccc2OC)C1. The van der Waals surface area contributed by atoms with E-state index < -0.39 is 5.60 Å². The van der Waals surface area contributed by atoms with Gasteiger partial charge in [0.15, 0.2) is 0 Å². The molecule has 0 aromatic heterocycles. The maximum absolute atomic E-state index is 12.7. The summed E-state index contributed by atoms with van der Waals surface area (Å²) < 4.78 is 11.3. The zero-order chi connectivity index (χ0) is 22.4. The van der Waals surface area contributed by atoms with Crippen molar-refractivity contribution in [2.75, 3.05) is 39.8 Å². The predicted octanol–water partition coefficient (Wildman–Crippen LogP) is 3.86. The van der Waals surface area contributed by atoms with Crippen LogP contribution in [-0.2, 0) is 17.6 Å². The van der Waals surface area contributed by atoms with Crippen molar-refractivity contribution in [2.24, 2.45) is 0 Å². The van der Waals surface area contributed by atoms with Gasteiger partial charge in [0.05, 0.1) is 7.11 Å². The largest absolute Gasteiger partial charge is 0.496 e. The third-order valence-corrected chi connectivity index (χ3v) is 6.39. The zero-order valence-corrected chi connectivity index (χ0v) is 20.1. The van der Waals surface area contributed by atoms with E-state index in [0.717, 1.165) is 64.0 Å². The number of carbonyl (C=O) groups excluding carboxylic acids is 1. The van der Waals surface area contributed by atoms with Gasteiger partial charge in [-0.15, -0.1) is 0 Å². The zero-order valence-electron chi connectivity index (χ0n) is 20.1. The number of piperazine rings is 1. The molecule has 1 aliphatic heterocycles. The van der Waals surface area contributed by atoms with E-state index in [1.54, 1.807) is 7.11 Å². The molecule has 1 aliphatic carbocycles. The molecule has 0 bridgehead atoms. The summed E-state index contributed by atoms with van der Waals surface area (Å²) in [5.41, 5.74) is 2.34. The van der Waals surface area contributed by atoms with E-state index in [0.29, 0.717) is 12.6 Å². The Kier molecular flexibility index (Phi) is 8.23. The first-order chi connectivity index (χ1) is 14.8. The maximum Gasteiger partial charge on any atom is 0.410 e. The molecule has 1 aromatic carbocycles. The van der Waals surface area contributed by atoms with Gasteiger partial charge in [0.25, 0.3) is 0 Å². The lowest BCUT2D eigenvalue weighted by Crippen LogP contribution is -2.55. The number of hydrogen-bond donors (Lipinski definition) is 1. The molecule has 31 heavy (non-hydrogen) atoms. The number of hydrogen-bond acceptors (Lipinski definition) is 5. The van der Waals surface area contributed by atoms with Crippen LogP contribution in [0.15, 0.2) is 18.2 Å². The number of fused-ring (bicyclic) bond motifs is 1. The van der Waals surface area contributed by atoms with Crippen LogP contribution in [0.2, 0.25) is 0 Å². The summed E-state index contributed by atoms with van der Waals surface area (Å²) >= 11 is 0. The van der Waals surface area contributed by atoms with Crippen LogP contribution in [-0.4, -0.2) is 73.4 Å². The van der Waals surface area contributed by atoms with Crippen molar-refractivity contribution in [1.82, 2.24) is 15.1 Å². The van der Waals surface area contributed by atoms with E-state index in [2.05, 4.69) is 35.3 Å². The number of carbonyl (C=O) groups is 1. The van der Waals surface area contributed by atoms with E-state index in [4.69, 9.17) is 9.47 Å². The Bertz CT molecular complexity index is 731. The molecule has 6 nitrogen and oxygen atoms in total. The van der Waals surface area contributed by atoms with E-state index in [-0.39, 0.29) is 12.1 Å². The molecule has 2 aliphatic rings. The van der Waals surface area contributed by atoms with Gasteiger partial charge in [0.2, 0.25) is 0 Å². The Morgan fingerprint density at radius 1 is 1.29 bits per heavy atom. The molecule has 1 fully saturated rings. The van der Waals surface area contributed by atoms with Crippen LogP contribution in [0.3, 0.4) is 0 Å². The average Bonchev–Trinajstić information content (AvgIpc) is 2.74. The molecule has 174 valence electrons. The van der Waals surface area contributed by atoms with E-state index in [9.17, 15) is 4.79 Å². The van der Waals surface area contributed by atoms with Crippen LogP contribution in [0.5, 0.6) is 5.75 Å². The third kappa shape index (κ3) is 6.36. The van der Waals surface area contributed by atoms with Crippen LogP contribution < -0.4 is 10.1 Å². The Morgan fingerprint density at radius 3 is 2.81 bits per heavy atom. The Labute approximate surface area is 188 Å². The summed E-state index contributed by atoms with van der Waals surface area (Å²) in [6.07, 6.45) is 5.23. The summed E-state index contributed by atoms with van der Waals surface area (Å²) in [6, 6.07) is 7.16. The minimum absolute atomic E-state index is 0.180. The first-order valence-electron chi connectivity index (χ1n) is 11.9. The van der Waals surface area contributed by atoms with Crippen molar-refractivity contribution in [2.45, 2.75) is 77.5 Å². The first-order valence-corrected chi connectivity index (χ1v) is 11.9. The Balaban J connectivity index is 1.63. The lowest BCUT2D eigenvalue weighted by molar-refractivity contribution is 0.00944. The molecule has 1 N–H and O–H groups in total. The minimum Gasteiger partial charge on any atom is -0.496 e. The molecule has 2 atom stereocenters. The first kappa shape index (κ1) is 23.9. The number of amides is 1. The topological polar surface area (TPSA) is 54.0 Å². The molecule has 1 amide bonds. The molecule has 1 saturated heterocycles. The lowest BCUT2D eigenvalue weighted by Gasteiger charge is -2.40. The third-order valence-electron chi connectivity index (χ3n) is 6.39. The van der Waals surface area contributed by atoms with Gasteiger partial charge >= 0.3 is 6.09 Å². The van der Waals surface area contributed by atoms with Crippen LogP contribution in [0.1, 0.15) is 58.1 Å². The number of ether oxygens (including phenoxy) is 2. The molecule has 2 unspecified atom stereocenters. The van der Waals surface area contributed by atoms with Gasteiger partial charge in [-0.2, -0.15) is 0 Å². The van der Waals surface area contributed by atoms with Gasteiger partial charge in [-0.25, -0.2) is 4.79 Å². The highest BCUT2D eigenvalue weighted by Crippen LogP contribution is 2.31. The second kappa shape index (κ2) is 10.7. The minimum atomic E-state index is -0.461. The van der Waals surface area contributed by atoms with Gasteiger partial charge in [-0.3, -0.25) is 4.90 Å². The number of methoxy groups -OCH3 is 1. The van der Waals surface area contributed by atoms with Crippen molar-refractivity contribution < 1.29 is 14.3 Å². The van der Waals surface area contributed by atoms with Gasteiger partial charge < -0.3 is 19.7 Å². The van der Waals surface area contributed by atoms with Crippen LogP contribution in [0.25, 0.3) is 0 Å². The molecular formula is C25H41N3O3. The molecule has 0 radical (unpaired) electrons. The molecule has 6 heteroatoms. The van der Waals surface area contributed by atoms with E-state index in [1.807, 2.05) is 25.7 Å². The van der Waals surface area contributed by atoms with Crippen LogP contribution in [0.4, 0.5) is 4.79 Å². The fourth-order valence-corrected chi connectivity index (χ4v) is 4.91. The maximum atomic E-state index is 12.7. The lowest BCUT2D eigenvalue weighted by atomic mass is 9.86. The standard InChI is InChI=1S/C25H41N3O3/c1-6-14-27(20-10-11-22-19(17-20)8-7-9-23(22)30-5)15-12-21-18-26-13-16-28(21)24(29)31-25(2,3)4/h7-9,20-21,26H,6,10-18H2,1-5H3. The number of benzene rings is 1. The molecular weight excluding hydrogens is 390 g/mol. The fourth-order valence-electron chi connectivity index (χ4n) is 4.91. The molecule has 0 saturated carbocycles. The number of rotatable bonds is 7. The quantitative estimate of drug-likeness (QED) is 0.710. The van der Waals surface area contributed by atoms with Gasteiger partial charge in [0, 0.05) is 38.3 Å². The second-order valence-corrected chi connectivity index (χ2v) is 9.85. The van der Waals surface area contributed by atoms with Crippen LogP contribution >= 0.6 is 0 Å². The van der Waals surface area contributed by atoms with E-state index >= 15 is 0 Å². The summed E-state index contributed by atoms with van der Waals surface area (Å²) in [4.78, 5) is 17.3. The van der Waals surface area contributed by atoms with Crippen molar-refractivity contribution in [3.8, 4) is 5.75 Å². The van der Waals surface area contributed by atoms with E-state index in [1.165, 1.54) is 11.1 Å². The average molecular weight is 432 g/mol. The van der Waals surface area contributed by atoms with Gasteiger partial charge in [-0.1, -0.05) is 19.1 Å². The number of nitrogens with zero attached hydrogens (tertiary/aromatic N) is 2. The van der Waals surface area contributed by atoms with Crippen molar-refractivity contribution >= 4 is 6.09 Å². The van der Waals surface area contributed by atoms with Crippen molar-refractivity contribution in [1.29, 1.82) is 0 Å². The monoisotopic (exact) mass is 431 g/mol. The number of nitrogens with one attached hydrogen (secondary N) is 1. The van der Waals surface area contributed by atoms with Crippen LogP contribution in [0, 0.1) is 0 Å².